The Morgan fingerprint density at radius 2 is 1.57 bits per heavy atom. The number of aliphatic imine (C=N–C) groups is 1. The molecule has 2 N–H and O–H groups in total. The van der Waals surface area contributed by atoms with Gasteiger partial charge in [0.15, 0.2) is 5.78 Å². The minimum absolute atomic E-state index is 0.0156. The van der Waals surface area contributed by atoms with Gasteiger partial charge in [0.2, 0.25) is 0 Å². The molecule has 0 aliphatic heterocycles. The number of nitrogens with zero attached hydrogens (tertiary/aromatic N) is 1. The van der Waals surface area contributed by atoms with Crippen LogP contribution >= 0.6 is 0 Å². The minimum atomic E-state index is -0.455. The lowest BCUT2D eigenvalue weighted by molar-refractivity contribution is -0.118. The second-order valence-electron chi connectivity index (χ2n) is 4.87. The first-order valence-corrected chi connectivity index (χ1v) is 6.65. The third-order valence-corrected chi connectivity index (χ3v) is 3.13. The second-order valence-corrected chi connectivity index (χ2v) is 4.87. The fraction of sp³-hybridized carbons (Fsp3) is 0.176. The van der Waals surface area contributed by atoms with Crippen molar-refractivity contribution in [2.75, 3.05) is 0 Å². The molecule has 2 aromatic rings. The summed E-state index contributed by atoms with van der Waals surface area (Å²) in [5.41, 5.74) is 1.76. The number of carbonyl (C=O) groups excluding carboxylic acids is 1. The first-order chi connectivity index (χ1) is 10.0. The summed E-state index contributed by atoms with van der Waals surface area (Å²) in [5, 5.41) is 18.5. The van der Waals surface area contributed by atoms with E-state index in [9.17, 15) is 15.0 Å². The van der Waals surface area contributed by atoms with E-state index >= 15 is 0 Å². The van der Waals surface area contributed by atoms with Crippen molar-refractivity contribution in [1.82, 2.24) is 0 Å². The molecule has 1 atom stereocenters. The van der Waals surface area contributed by atoms with Crippen LogP contribution in [0.15, 0.2) is 53.5 Å². The highest BCUT2D eigenvalue weighted by Crippen LogP contribution is 2.13. The van der Waals surface area contributed by atoms with Gasteiger partial charge < -0.3 is 10.2 Å². The van der Waals surface area contributed by atoms with Gasteiger partial charge in [0.25, 0.3) is 0 Å². The van der Waals surface area contributed by atoms with E-state index in [-0.39, 0.29) is 17.3 Å². The molecule has 0 bridgehead atoms. The van der Waals surface area contributed by atoms with Gasteiger partial charge in [-0.1, -0.05) is 12.1 Å². The Balaban J connectivity index is 2.10. The van der Waals surface area contributed by atoms with Gasteiger partial charge in [-0.2, -0.15) is 0 Å². The van der Waals surface area contributed by atoms with Crippen molar-refractivity contribution in [2.24, 2.45) is 4.99 Å². The van der Waals surface area contributed by atoms with E-state index in [1.165, 1.54) is 6.92 Å². The van der Waals surface area contributed by atoms with Crippen LogP contribution in [0.4, 0.5) is 0 Å². The molecule has 0 heterocycles. The Labute approximate surface area is 123 Å². The summed E-state index contributed by atoms with van der Waals surface area (Å²) < 4.78 is 0. The number of carbonyl (C=O) groups is 1. The SMILES string of the molecule is CC(=O)[C@H](Cc1ccc(O)cc1)N=Cc1ccc(O)cc1. The Hall–Kier alpha value is -2.62. The number of Topliss-reactive ketones (excluding diaryl/α,β-unsaturated/α-hetero) is 1. The Morgan fingerprint density at radius 1 is 1.05 bits per heavy atom. The summed E-state index contributed by atoms with van der Waals surface area (Å²) in [4.78, 5) is 16.0. The third-order valence-electron chi connectivity index (χ3n) is 3.13. The molecule has 0 saturated carbocycles. The predicted octanol–water partition coefficient (Wildman–Crippen LogP) is 2.72. The highest BCUT2D eigenvalue weighted by atomic mass is 16.3. The predicted molar refractivity (Wildman–Crippen MR) is 82.0 cm³/mol. The largest absolute Gasteiger partial charge is 0.508 e. The monoisotopic (exact) mass is 283 g/mol. The summed E-state index contributed by atoms with van der Waals surface area (Å²) in [6.45, 7) is 1.51. The van der Waals surface area contributed by atoms with E-state index in [1.807, 2.05) is 0 Å². The smallest absolute Gasteiger partial charge is 0.154 e. The second kappa shape index (κ2) is 6.70. The van der Waals surface area contributed by atoms with Crippen LogP contribution in [0, 0.1) is 0 Å². The van der Waals surface area contributed by atoms with Crippen LogP contribution in [0.25, 0.3) is 0 Å². The van der Waals surface area contributed by atoms with Crippen LogP contribution in [0.1, 0.15) is 18.1 Å². The molecule has 108 valence electrons. The lowest BCUT2D eigenvalue weighted by Gasteiger charge is -2.09. The number of phenolic OH excluding ortho intramolecular Hbond substituents is 2. The van der Waals surface area contributed by atoms with Crippen LogP contribution in [0.5, 0.6) is 11.5 Å². The molecule has 0 amide bonds. The van der Waals surface area contributed by atoms with E-state index in [0.29, 0.717) is 6.42 Å². The number of aromatic hydroxyl groups is 2. The van der Waals surface area contributed by atoms with E-state index in [4.69, 9.17) is 0 Å². The summed E-state index contributed by atoms with van der Waals surface area (Å²) >= 11 is 0. The van der Waals surface area contributed by atoms with Crippen LogP contribution in [0.2, 0.25) is 0 Å². The molecule has 21 heavy (non-hydrogen) atoms. The van der Waals surface area contributed by atoms with Crippen LogP contribution < -0.4 is 0 Å². The highest BCUT2D eigenvalue weighted by Gasteiger charge is 2.12. The van der Waals surface area contributed by atoms with E-state index in [0.717, 1.165) is 11.1 Å². The zero-order chi connectivity index (χ0) is 15.2. The maximum Gasteiger partial charge on any atom is 0.154 e. The number of benzene rings is 2. The molecule has 0 saturated heterocycles. The van der Waals surface area contributed by atoms with Gasteiger partial charge in [-0.3, -0.25) is 9.79 Å². The number of rotatable bonds is 5. The summed E-state index contributed by atoms with van der Waals surface area (Å²) in [7, 11) is 0. The van der Waals surface area contributed by atoms with Crippen LogP contribution in [0.3, 0.4) is 0 Å². The standard InChI is InChI=1S/C17H17NO3/c1-12(19)17(10-13-2-6-15(20)7-3-13)18-11-14-4-8-16(21)9-5-14/h2-9,11,17,20-21H,10H2,1H3/t17-/m0/s1. The van der Waals surface area contributed by atoms with Crippen molar-refractivity contribution in [3.8, 4) is 11.5 Å². The number of hydrogen-bond donors (Lipinski definition) is 2. The molecule has 0 aromatic heterocycles. The molecule has 0 unspecified atom stereocenters. The van der Waals surface area contributed by atoms with Gasteiger partial charge in [0.05, 0.1) is 0 Å². The third kappa shape index (κ3) is 4.45. The van der Waals surface area contributed by atoms with E-state index in [1.54, 1.807) is 54.7 Å². The van der Waals surface area contributed by atoms with Crippen LogP contribution in [-0.4, -0.2) is 28.3 Å². The molecule has 0 aliphatic carbocycles. The summed E-state index contributed by atoms with van der Waals surface area (Å²) in [6, 6.07) is 12.9. The average molecular weight is 283 g/mol. The lowest BCUT2D eigenvalue weighted by atomic mass is 10.0. The topological polar surface area (TPSA) is 69.9 Å². The van der Waals surface area contributed by atoms with Crippen LogP contribution in [-0.2, 0) is 11.2 Å². The molecule has 0 radical (unpaired) electrons. The quantitative estimate of drug-likeness (QED) is 0.829. The molecule has 4 nitrogen and oxygen atoms in total. The Kier molecular flexibility index (Phi) is 4.72. The molecular formula is C17H17NO3. The molecule has 2 aromatic carbocycles. The van der Waals surface area contributed by atoms with Gasteiger partial charge in [0.1, 0.15) is 17.5 Å². The fourth-order valence-corrected chi connectivity index (χ4v) is 1.89. The fourth-order valence-electron chi connectivity index (χ4n) is 1.89. The van der Waals surface area contributed by atoms with Gasteiger partial charge >= 0.3 is 0 Å². The summed E-state index contributed by atoms with van der Waals surface area (Å²) in [6.07, 6.45) is 2.12. The van der Waals surface area contributed by atoms with Crippen molar-refractivity contribution in [3.05, 3.63) is 59.7 Å². The lowest BCUT2D eigenvalue weighted by Crippen LogP contribution is -2.18. The minimum Gasteiger partial charge on any atom is -0.508 e. The normalized spacial score (nSPS) is 12.4. The van der Waals surface area contributed by atoms with Crippen molar-refractivity contribution in [1.29, 1.82) is 0 Å². The molecule has 2 rings (SSSR count). The van der Waals surface area contributed by atoms with Crippen molar-refractivity contribution < 1.29 is 15.0 Å². The first-order valence-electron chi connectivity index (χ1n) is 6.65. The Bertz CT molecular complexity index is 630. The molecule has 4 heteroatoms. The van der Waals surface area contributed by atoms with Crippen molar-refractivity contribution in [2.45, 2.75) is 19.4 Å². The number of ketones is 1. The molecule has 0 spiro atoms. The maximum absolute atomic E-state index is 11.7. The highest BCUT2D eigenvalue weighted by molar-refractivity contribution is 5.86. The molecule has 0 aliphatic rings. The van der Waals surface area contributed by atoms with Gasteiger partial charge in [-0.25, -0.2) is 0 Å². The van der Waals surface area contributed by atoms with E-state index < -0.39 is 6.04 Å². The van der Waals surface area contributed by atoms with Gasteiger partial charge in [-0.15, -0.1) is 0 Å². The number of hydrogen-bond acceptors (Lipinski definition) is 4. The van der Waals surface area contributed by atoms with E-state index in [2.05, 4.69) is 4.99 Å². The summed E-state index contributed by atoms with van der Waals surface area (Å²) in [5.74, 6) is 0.378. The van der Waals surface area contributed by atoms with Gasteiger partial charge in [-0.05, 0) is 54.4 Å². The van der Waals surface area contributed by atoms with Crippen molar-refractivity contribution >= 4 is 12.0 Å². The zero-order valence-electron chi connectivity index (χ0n) is 11.7. The molecular weight excluding hydrogens is 266 g/mol. The van der Waals surface area contributed by atoms with Crippen molar-refractivity contribution in [3.63, 3.8) is 0 Å². The average Bonchev–Trinajstić information content (AvgIpc) is 2.47. The molecule has 0 fully saturated rings. The number of phenols is 2. The first kappa shape index (κ1) is 14.8. The maximum atomic E-state index is 11.7. The zero-order valence-corrected chi connectivity index (χ0v) is 11.7. The Morgan fingerprint density at radius 3 is 2.10 bits per heavy atom. The van der Waals surface area contributed by atoms with Gasteiger partial charge in [0, 0.05) is 12.6 Å².